The summed E-state index contributed by atoms with van der Waals surface area (Å²) in [4.78, 5) is 23.2. The number of aromatic nitrogens is 5. The molecule has 100 valence electrons. The summed E-state index contributed by atoms with van der Waals surface area (Å²) < 4.78 is 1.50. The lowest BCUT2D eigenvalue weighted by Gasteiger charge is -2.08. The van der Waals surface area contributed by atoms with Crippen LogP contribution in [0.1, 0.15) is 6.92 Å². The number of carbonyl (C=O) groups is 1. The molecule has 2 rings (SSSR count). The third-order valence-corrected chi connectivity index (χ3v) is 2.09. The number of hydrogen-bond acceptors (Lipinski definition) is 7. The molecule has 4 N–H and O–H groups in total. The average Bonchev–Trinajstić information content (AvgIpc) is 2.90. The number of nitrogens with zero attached hydrogens (tertiary/aromatic N) is 5. The van der Waals surface area contributed by atoms with Crippen LogP contribution in [0.3, 0.4) is 0 Å². The van der Waals surface area contributed by atoms with Crippen LogP contribution in [-0.2, 0) is 4.79 Å². The average molecular weight is 262 g/mol. The molecule has 0 aliphatic carbocycles. The third-order valence-electron chi connectivity index (χ3n) is 2.09. The molecule has 19 heavy (non-hydrogen) atoms. The second-order valence-electron chi connectivity index (χ2n) is 3.58. The van der Waals surface area contributed by atoms with Crippen molar-refractivity contribution in [1.82, 2.24) is 24.7 Å². The molecule has 0 bridgehead atoms. The molecule has 0 radical (unpaired) electrons. The highest BCUT2D eigenvalue weighted by molar-refractivity contribution is 5.78. The van der Waals surface area contributed by atoms with Crippen LogP contribution in [0.4, 0.5) is 11.9 Å². The highest BCUT2D eigenvalue weighted by Gasteiger charge is 2.08. The van der Waals surface area contributed by atoms with Gasteiger partial charge in [-0.15, -0.1) is 0 Å². The van der Waals surface area contributed by atoms with Crippen LogP contribution in [0.15, 0.2) is 18.5 Å². The summed E-state index contributed by atoms with van der Waals surface area (Å²) in [5.41, 5.74) is 5.06. The van der Waals surface area contributed by atoms with Crippen LogP contribution in [-0.4, -0.2) is 43.7 Å². The molecular formula is C10H14N8O. The van der Waals surface area contributed by atoms with E-state index in [1.807, 2.05) is 6.92 Å². The molecule has 0 aliphatic heterocycles. The monoisotopic (exact) mass is 262 g/mol. The first-order chi connectivity index (χ1) is 9.19. The van der Waals surface area contributed by atoms with E-state index in [1.54, 1.807) is 18.5 Å². The van der Waals surface area contributed by atoms with Gasteiger partial charge in [-0.3, -0.25) is 4.79 Å². The Morgan fingerprint density at radius 2 is 2.05 bits per heavy atom. The fourth-order valence-electron chi connectivity index (χ4n) is 1.34. The Morgan fingerprint density at radius 3 is 2.63 bits per heavy atom. The van der Waals surface area contributed by atoms with Gasteiger partial charge in [0.2, 0.25) is 17.8 Å². The van der Waals surface area contributed by atoms with Crippen LogP contribution in [0, 0.1) is 0 Å². The molecule has 0 unspecified atom stereocenters. The molecule has 0 spiro atoms. The van der Waals surface area contributed by atoms with Crippen molar-refractivity contribution < 1.29 is 4.79 Å². The van der Waals surface area contributed by atoms with E-state index in [4.69, 9.17) is 5.73 Å². The Balaban J connectivity index is 2.29. The van der Waals surface area contributed by atoms with E-state index in [0.717, 1.165) is 0 Å². The fraction of sp³-hybridized carbons (Fsp3) is 0.300. The first kappa shape index (κ1) is 12.7. The smallest absolute Gasteiger partial charge is 0.257 e. The van der Waals surface area contributed by atoms with Crippen LogP contribution in [0.5, 0.6) is 0 Å². The summed E-state index contributed by atoms with van der Waals surface area (Å²) in [6, 6.07) is 1.76. The van der Waals surface area contributed by atoms with Crippen molar-refractivity contribution in [1.29, 1.82) is 0 Å². The first-order valence-electron chi connectivity index (χ1n) is 5.71. The van der Waals surface area contributed by atoms with Crippen molar-refractivity contribution in [3.05, 3.63) is 18.5 Å². The fourth-order valence-corrected chi connectivity index (χ4v) is 1.34. The maximum Gasteiger partial charge on any atom is 0.257 e. The number of amides is 1. The lowest BCUT2D eigenvalue weighted by atomic mass is 10.6. The molecule has 0 atom stereocenters. The molecule has 2 aromatic rings. The number of hydrogen-bond donors (Lipinski definition) is 3. The zero-order valence-corrected chi connectivity index (χ0v) is 10.4. The predicted molar refractivity (Wildman–Crippen MR) is 68.8 cm³/mol. The largest absolute Gasteiger partial charge is 0.368 e. The number of nitrogens with two attached hydrogens (primary N) is 1. The van der Waals surface area contributed by atoms with E-state index in [0.29, 0.717) is 18.4 Å². The summed E-state index contributed by atoms with van der Waals surface area (Å²) in [7, 11) is 0. The van der Waals surface area contributed by atoms with Gasteiger partial charge in [-0.25, -0.2) is 4.68 Å². The van der Waals surface area contributed by atoms with Gasteiger partial charge in [0, 0.05) is 18.9 Å². The minimum atomic E-state index is -0.494. The molecule has 9 heteroatoms. The number of anilines is 2. The van der Waals surface area contributed by atoms with Crippen molar-refractivity contribution in [3.8, 4) is 5.95 Å². The van der Waals surface area contributed by atoms with Gasteiger partial charge in [-0.2, -0.15) is 20.1 Å². The van der Waals surface area contributed by atoms with Crippen LogP contribution < -0.4 is 16.4 Å². The maximum atomic E-state index is 10.8. The Hall–Kier alpha value is -2.71. The Labute approximate surface area is 109 Å². The van der Waals surface area contributed by atoms with Crippen LogP contribution in [0.25, 0.3) is 5.95 Å². The Morgan fingerprint density at radius 1 is 1.32 bits per heavy atom. The van der Waals surface area contributed by atoms with E-state index in [9.17, 15) is 4.79 Å². The highest BCUT2D eigenvalue weighted by Crippen LogP contribution is 2.08. The van der Waals surface area contributed by atoms with Crippen molar-refractivity contribution >= 4 is 17.8 Å². The zero-order chi connectivity index (χ0) is 13.7. The van der Waals surface area contributed by atoms with Gasteiger partial charge in [0.15, 0.2) is 0 Å². The van der Waals surface area contributed by atoms with Gasteiger partial charge in [0.25, 0.3) is 5.95 Å². The molecule has 9 nitrogen and oxygen atoms in total. The lowest BCUT2D eigenvalue weighted by molar-refractivity contribution is -0.116. The van der Waals surface area contributed by atoms with Gasteiger partial charge >= 0.3 is 0 Å². The van der Waals surface area contributed by atoms with Crippen LogP contribution in [0.2, 0.25) is 0 Å². The number of nitrogens with one attached hydrogen (secondary N) is 2. The quantitative estimate of drug-likeness (QED) is 0.634. The van der Waals surface area contributed by atoms with Gasteiger partial charge in [0.05, 0.1) is 6.54 Å². The normalized spacial score (nSPS) is 10.2. The second kappa shape index (κ2) is 5.76. The lowest BCUT2D eigenvalue weighted by Crippen LogP contribution is -2.23. The van der Waals surface area contributed by atoms with Gasteiger partial charge in [0.1, 0.15) is 0 Å². The van der Waals surface area contributed by atoms with Gasteiger partial charge < -0.3 is 16.4 Å². The first-order valence-corrected chi connectivity index (χ1v) is 5.71. The number of carbonyl (C=O) groups excluding carboxylic acids is 1. The molecular weight excluding hydrogens is 248 g/mol. The molecule has 0 saturated carbocycles. The van der Waals surface area contributed by atoms with Gasteiger partial charge in [-0.05, 0) is 13.0 Å². The minimum absolute atomic E-state index is 0.0475. The molecule has 2 aromatic heterocycles. The molecule has 0 aromatic carbocycles. The molecule has 0 aliphatic rings. The summed E-state index contributed by atoms with van der Waals surface area (Å²) in [6.45, 7) is 2.54. The highest BCUT2D eigenvalue weighted by atomic mass is 16.1. The van der Waals surface area contributed by atoms with Crippen molar-refractivity contribution in [3.63, 3.8) is 0 Å². The molecule has 0 saturated heterocycles. The van der Waals surface area contributed by atoms with Crippen molar-refractivity contribution in [2.75, 3.05) is 23.7 Å². The zero-order valence-electron chi connectivity index (χ0n) is 10.4. The number of rotatable bonds is 6. The summed E-state index contributed by atoms with van der Waals surface area (Å²) >= 11 is 0. The van der Waals surface area contributed by atoms with E-state index in [1.165, 1.54) is 4.68 Å². The van der Waals surface area contributed by atoms with Crippen LogP contribution >= 0.6 is 0 Å². The van der Waals surface area contributed by atoms with Crippen molar-refractivity contribution in [2.24, 2.45) is 5.73 Å². The minimum Gasteiger partial charge on any atom is -0.368 e. The summed E-state index contributed by atoms with van der Waals surface area (Å²) in [5, 5.41) is 9.75. The second-order valence-corrected chi connectivity index (χ2v) is 3.58. The van der Waals surface area contributed by atoms with E-state index < -0.39 is 5.91 Å². The molecule has 1 amide bonds. The SMILES string of the molecule is CCNc1nc(NCC(N)=O)nc(-n2cccn2)n1. The third kappa shape index (κ3) is 3.37. The Bertz CT molecular complexity index is 553. The predicted octanol–water partition coefficient (Wildman–Crippen LogP) is -0.614. The van der Waals surface area contributed by atoms with E-state index >= 15 is 0 Å². The maximum absolute atomic E-state index is 10.8. The topological polar surface area (TPSA) is 124 Å². The van der Waals surface area contributed by atoms with E-state index in [-0.39, 0.29) is 12.5 Å². The summed E-state index contributed by atoms with van der Waals surface area (Å²) in [5.74, 6) is 0.513. The van der Waals surface area contributed by atoms with Gasteiger partial charge in [-0.1, -0.05) is 0 Å². The Kier molecular flexibility index (Phi) is 3.86. The standard InChI is InChI=1S/C10H14N8O/c1-2-12-8-15-9(13-6-7(11)19)17-10(16-8)18-5-3-4-14-18/h3-5H,2,6H2,1H3,(H2,11,19)(H2,12,13,15,16,17). The van der Waals surface area contributed by atoms with E-state index in [2.05, 4.69) is 30.7 Å². The molecule has 2 heterocycles. The number of primary amides is 1. The summed E-state index contributed by atoms with van der Waals surface area (Å²) in [6.07, 6.45) is 3.33. The van der Waals surface area contributed by atoms with Crippen molar-refractivity contribution in [2.45, 2.75) is 6.92 Å². The molecule has 0 fully saturated rings.